The molecule has 0 saturated carbocycles. The zero-order valence-electron chi connectivity index (χ0n) is 22.5. The molecule has 2 amide bonds. The molecular formula is C33H28N2O6. The van der Waals surface area contributed by atoms with Gasteiger partial charge in [0, 0.05) is 29.4 Å². The Morgan fingerprint density at radius 1 is 0.878 bits per heavy atom. The van der Waals surface area contributed by atoms with E-state index in [-0.39, 0.29) is 25.2 Å². The van der Waals surface area contributed by atoms with E-state index in [1.807, 2.05) is 78.9 Å². The van der Waals surface area contributed by atoms with Crippen LogP contribution in [0.4, 0.5) is 5.69 Å². The van der Waals surface area contributed by atoms with Gasteiger partial charge < -0.3 is 29.2 Å². The Bertz CT molecular complexity index is 1670. The summed E-state index contributed by atoms with van der Waals surface area (Å²) in [5.74, 6) is 2.45. The second kappa shape index (κ2) is 9.89. The first-order chi connectivity index (χ1) is 20.1. The minimum absolute atomic E-state index is 0.0642. The van der Waals surface area contributed by atoms with Crippen molar-refractivity contribution in [3.05, 3.63) is 113 Å². The fourth-order valence-corrected chi connectivity index (χ4v) is 5.93. The topological polar surface area (TPSA) is 86.3 Å². The normalized spacial score (nSPS) is 17.8. The van der Waals surface area contributed by atoms with Gasteiger partial charge in [-0.1, -0.05) is 42.5 Å². The smallest absolute Gasteiger partial charge is 0.251 e. The number of para-hydroxylation sites is 1. The lowest BCUT2D eigenvalue weighted by Gasteiger charge is -2.23. The predicted octanol–water partition coefficient (Wildman–Crippen LogP) is 4.62. The average Bonchev–Trinajstić information content (AvgIpc) is 3.69. The molecule has 1 atom stereocenters. The highest BCUT2D eigenvalue weighted by Crippen LogP contribution is 2.55. The molecule has 1 N–H and O–H groups in total. The van der Waals surface area contributed by atoms with Gasteiger partial charge in [-0.05, 0) is 59.5 Å². The molecule has 0 aromatic heterocycles. The summed E-state index contributed by atoms with van der Waals surface area (Å²) in [6.07, 6.45) is 0.709. The van der Waals surface area contributed by atoms with Gasteiger partial charge in [0.25, 0.3) is 5.91 Å². The van der Waals surface area contributed by atoms with Crippen LogP contribution in [0.1, 0.15) is 32.6 Å². The van der Waals surface area contributed by atoms with Crippen molar-refractivity contribution >= 4 is 17.5 Å². The third kappa shape index (κ3) is 4.14. The highest BCUT2D eigenvalue weighted by Gasteiger charge is 2.57. The highest BCUT2D eigenvalue weighted by atomic mass is 16.7. The van der Waals surface area contributed by atoms with Crippen molar-refractivity contribution in [3.63, 3.8) is 0 Å². The van der Waals surface area contributed by atoms with Crippen LogP contribution in [-0.4, -0.2) is 38.9 Å². The summed E-state index contributed by atoms with van der Waals surface area (Å²) in [7, 11) is 1.64. The van der Waals surface area contributed by atoms with Crippen LogP contribution in [-0.2, 0) is 23.2 Å². The number of carbonyl (C=O) groups excluding carboxylic acids is 2. The van der Waals surface area contributed by atoms with Crippen LogP contribution < -0.4 is 29.2 Å². The molecule has 4 aromatic carbocycles. The summed E-state index contributed by atoms with van der Waals surface area (Å²) >= 11 is 0. The van der Waals surface area contributed by atoms with Crippen molar-refractivity contribution in [2.24, 2.45) is 0 Å². The molecule has 4 aromatic rings. The molecule has 8 nitrogen and oxygen atoms in total. The Kier molecular flexibility index (Phi) is 6.03. The van der Waals surface area contributed by atoms with Crippen molar-refractivity contribution < 1.29 is 28.5 Å². The van der Waals surface area contributed by atoms with Gasteiger partial charge >= 0.3 is 0 Å². The number of ether oxygens (including phenoxy) is 4. The van der Waals surface area contributed by atoms with Gasteiger partial charge in [-0.3, -0.25) is 9.59 Å². The molecule has 3 aliphatic heterocycles. The van der Waals surface area contributed by atoms with Crippen molar-refractivity contribution in [2.45, 2.75) is 18.4 Å². The zero-order chi connectivity index (χ0) is 28.0. The lowest BCUT2D eigenvalue weighted by molar-refractivity contribution is -0.122. The van der Waals surface area contributed by atoms with E-state index in [0.717, 1.165) is 33.7 Å². The molecule has 0 radical (unpaired) electrons. The van der Waals surface area contributed by atoms with Crippen LogP contribution in [0.5, 0.6) is 23.0 Å². The average molecular weight is 549 g/mol. The maximum absolute atomic E-state index is 14.3. The molecular weight excluding hydrogens is 520 g/mol. The van der Waals surface area contributed by atoms with Crippen LogP contribution in [0.3, 0.4) is 0 Å². The predicted molar refractivity (Wildman–Crippen MR) is 152 cm³/mol. The Morgan fingerprint density at radius 3 is 2.51 bits per heavy atom. The first kappa shape index (κ1) is 25.0. The lowest BCUT2D eigenvalue weighted by Crippen LogP contribution is -2.42. The quantitative estimate of drug-likeness (QED) is 0.363. The van der Waals surface area contributed by atoms with Crippen molar-refractivity contribution in [2.75, 3.05) is 32.0 Å². The molecule has 0 aliphatic carbocycles. The summed E-state index contributed by atoms with van der Waals surface area (Å²) in [6.45, 7) is 1.18. The second-order valence-corrected chi connectivity index (χ2v) is 10.4. The largest absolute Gasteiger partial charge is 0.497 e. The number of anilines is 1. The molecule has 3 heterocycles. The number of hydrogen-bond donors (Lipinski definition) is 1. The fourth-order valence-electron chi connectivity index (χ4n) is 5.93. The van der Waals surface area contributed by atoms with Gasteiger partial charge in [0.15, 0.2) is 11.5 Å². The Balaban J connectivity index is 1.11. The van der Waals surface area contributed by atoms with Gasteiger partial charge in [-0.25, -0.2) is 0 Å². The third-order valence-electron chi connectivity index (χ3n) is 8.03. The van der Waals surface area contributed by atoms with Crippen molar-refractivity contribution in [3.8, 4) is 23.0 Å². The Hall–Kier alpha value is -4.98. The number of hydrogen-bond acceptors (Lipinski definition) is 6. The monoisotopic (exact) mass is 548 g/mol. The highest BCUT2D eigenvalue weighted by molar-refractivity contribution is 6.11. The standard InChI is InChI=1S/C33H28N2O6/c1-38-24-11-9-21(10-12-24)13-14-34-31(36)23-6-4-5-22(15-23)18-35-27-8-3-2-7-25(27)33(32(35)37)19-39-28-17-30-29(16-26(28)33)40-20-41-30/h2-12,15-17H,13-14,18-20H2,1H3,(H,34,36). The maximum atomic E-state index is 14.3. The number of fused-ring (bicyclic) bond motifs is 5. The minimum atomic E-state index is -0.969. The first-order valence-corrected chi connectivity index (χ1v) is 13.6. The van der Waals surface area contributed by atoms with E-state index in [9.17, 15) is 9.59 Å². The van der Waals surface area contributed by atoms with Crippen molar-refractivity contribution in [1.29, 1.82) is 0 Å². The molecule has 3 aliphatic rings. The van der Waals surface area contributed by atoms with Gasteiger partial charge in [0.05, 0.1) is 13.7 Å². The number of nitrogens with one attached hydrogen (secondary N) is 1. The van der Waals surface area contributed by atoms with Gasteiger partial charge in [-0.15, -0.1) is 0 Å². The summed E-state index contributed by atoms with van der Waals surface area (Å²) in [4.78, 5) is 29.0. The molecule has 0 fully saturated rings. The van der Waals surface area contributed by atoms with E-state index in [2.05, 4.69) is 5.32 Å². The van der Waals surface area contributed by atoms with E-state index in [1.165, 1.54) is 0 Å². The van der Waals surface area contributed by atoms with E-state index in [0.29, 0.717) is 42.3 Å². The number of rotatable bonds is 7. The molecule has 41 heavy (non-hydrogen) atoms. The van der Waals surface area contributed by atoms with E-state index in [4.69, 9.17) is 18.9 Å². The fraction of sp³-hybridized carbons (Fsp3) is 0.212. The summed E-state index contributed by atoms with van der Waals surface area (Å²) in [5, 5.41) is 3.00. The van der Waals surface area contributed by atoms with Gasteiger partial charge in [-0.2, -0.15) is 0 Å². The molecule has 0 saturated heterocycles. The first-order valence-electron chi connectivity index (χ1n) is 13.6. The Morgan fingerprint density at radius 2 is 1.68 bits per heavy atom. The molecule has 0 bridgehead atoms. The van der Waals surface area contributed by atoms with Crippen LogP contribution in [0.15, 0.2) is 84.9 Å². The number of amides is 2. The SMILES string of the molecule is COc1ccc(CCNC(=O)c2cccc(CN3C(=O)C4(COc5cc6c(cc54)OCO6)c4ccccc43)c2)cc1. The molecule has 1 spiro atoms. The van der Waals surface area contributed by atoms with Gasteiger partial charge in [0.1, 0.15) is 23.5 Å². The molecule has 1 unspecified atom stereocenters. The van der Waals surface area contributed by atoms with Crippen LogP contribution in [0, 0.1) is 0 Å². The summed E-state index contributed by atoms with van der Waals surface area (Å²) < 4.78 is 22.4. The third-order valence-corrected chi connectivity index (χ3v) is 8.03. The van der Waals surface area contributed by atoms with Gasteiger partial charge in [0.2, 0.25) is 12.7 Å². The number of carbonyl (C=O) groups is 2. The Labute approximate surface area is 237 Å². The number of nitrogens with zero attached hydrogens (tertiary/aromatic N) is 1. The van der Waals surface area contributed by atoms with E-state index >= 15 is 0 Å². The minimum Gasteiger partial charge on any atom is -0.497 e. The molecule has 8 heteroatoms. The lowest BCUT2D eigenvalue weighted by atomic mass is 9.77. The summed E-state index contributed by atoms with van der Waals surface area (Å²) in [5.41, 5.74) is 4.07. The van der Waals surface area contributed by atoms with Crippen LogP contribution in [0.2, 0.25) is 0 Å². The second-order valence-electron chi connectivity index (χ2n) is 10.4. The summed E-state index contributed by atoms with van der Waals surface area (Å²) in [6, 6.07) is 26.7. The van der Waals surface area contributed by atoms with Crippen LogP contribution >= 0.6 is 0 Å². The van der Waals surface area contributed by atoms with E-state index in [1.54, 1.807) is 18.1 Å². The number of methoxy groups -OCH3 is 1. The van der Waals surface area contributed by atoms with Crippen molar-refractivity contribution in [1.82, 2.24) is 5.32 Å². The van der Waals surface area contributed by atoms with E-state index < -0.39 is 5.41 Å². The maximum Gasteiger partial charge on any atom is 0.251 e. The molecule has 7 rings (SSSR count). The number of benzene rings is 4. The molecule has 206 valence electrons. The zero-order valence-corrected chi connectivity index (χ0v) is 22.5. The van der Waals surface area contributed by atoms with Crippen LogP contribution in [0.25, 0.3) is 0 Å².